The van der Waals surface area contributed by atoms with Crippen molar-refractivity contribution < 1.29 is 4.86 Å². The molecule has 0 aliphatic carbocycles. The Morgan fingerprint density at radius 3 is 2.50 bits per heavy atom. The number of hydrogen-bond acceptors (Lipinski definition) is 2. The third kappa shape index (κ3) is 1.95. The maximum Gasteiger partial charge on any atom is 0.154 e. The minimum absolute atomic E-state index is 0.443. The van der Waals surface area contributed by atoms with Gasteiger partial charge < -0.3 is 5.21 Å². The number of benzene rings is 1. The first-order valence-electron chi connectivity index (χ1n) is 3.44. The normalized spacial score (nSPS) is 11.3. The number of nitrogens with zero attached hydrogens (tertiary/aromatic N) is 2. The molecule has 0 aromatic heterocycles. The van der Waals surface area contributed by atoms with Crippen LogP contribution < -0.4 is 5.43 Å². The van der Waals surface area contributed by atoms with Crippen molar-refractivity contribution in [2.24, 2.45) is 5.22 Å². The van der Waals surface area contributed by atoms with Gasteiger partial charge in [0.15, 0.2) is 5.69 Å². The molecule has 0 saturated heterocycles. The first kappa shape index (κ1) is 8.52. The van der Waals surface area contributed by atoms with Gasteiger partial charge in [0, 0.05) is 0 Å². The van der Waals surface area contributed by atoms with E-state index < -0.39 is 0 Å². The Hall–Kier alpha value is -1.58. The van der Waals surface area contributed by atoms with Crippen LogP contribution in [0.25, 0.3) is 0 Å². The van der Waals surface area contributed by atoms with E-state index in [1.165, 1.54) is 0 Å². The summed E-state index contributed by atoms with van der Waals surface area (Å²) < 4.78 is 0. The SMILES string of the molecule is [CH]c1ccc([N+]([O-])=NNC)cc1. The molecule has 1 aromatic carbocycles. The van der Waals surface area contributed by atoms with Crippen LogP contribution >= 0.6 is 0 Å². The van der Waals surface area contributed by atoms with Crippen molar-refractivity contribution in [1.82, 2.24) is 5.43 Å². The second kappa shape index (κ2) is 3.71. The van der Waals surface area contributed by atoms with E-state index in [-0.39, 0.29) is 0 Å². The van der Waals surface area contributed by atoms with Crippen molar-refractivity contribution >= 4 is 5.69 Å². The quantitative estimate of drug-likeness (QED) is 0.408. The average molecular weight is 163 g/mol. The van der Waals surface area contributed by atoms with Crippen molar-refractivity contribution in [3.05, 3.63) is 42.0 Å². The average Bonchev–Trinajstić information content (AvgIpc) is 2.06. The monoisotopic (exact) mass is 163 g/mol. The largest absolute Gasteiger partial charge is 0.691 e. The topological polar surface area (TPSA) is 50.5 Å². The highest BCUT2D eigenvalue weighted by Gasteiger charge is 1.94. The Kier molecular flexibility index (Phi) is 2.63. The molecule has 1 rings (SSSR count). The van der Waals surface area contributed by atoms with E-state index in [4.69, 9.17) is 6.92 Å². The molecule has 0 aliphatic rings. The zero-order valence-electron chi connectivity index (χ0n) is 6.69. The van der Waals surface area contributed by atoms with E-state index in [2.05, 4.69) is 10.6 Å². The molecular formula is C8H9N3O. The second-order valence-electron chi connectivity index (χ2n) is 2.19. The maximum absolute atomic E-state index is 11.0. The van der Waals surface area contributed by atoms with E-state index in [1.807, 2.05) is 0 Å². The second-order valence-corrected chi connectivity index (χ2v) is 2.19. The highest BCUT2D eigenvalue weighted by molar-refractivity contribution is 5.33. The predicted octanol–water partition coefficient (Wildman–Crippen LogP) is 1.47. The van der Waals surface area contributed by atoms with Crippen molar-refractivity contribution in [3.63, 3.8) is 0 Å². The van der Waals surface area contributed by atoms with Gasteiger partial charge in [-0.25, -0.2) is 0 Å². The van der Waals surface area contributed by atoms with Crippen LogP contribution in [0.1, 0.15) is 5.56 Å². The molecule has 4 heteroatoms. The molecule has 0 unspecified atom stereocenters. The van der Waals surface area contributed by atoms with Crippen LogP contribution in [0.4, 0.5) is 5.69 Å². The summed E-state index contributed by atoms with van der Waals surface area (Å²) in [6.07, 6.45) is 0. The summed E-state index contributed by atoms with van der Waals surface area (Å²) in [7, 11) is 1.56. The third-order valence-electron chi connectivity index (χ3n) is 1.30. The minimum Gasteiger partial charge on any atom is -0.691 e. The van der Waals surface area contributed by atoms with E-state index in [0.717, 1.165) is 0 Å². The van der Waals surface area contributed by atoms with Crippen LogP contribution in [0.2, 0.25) is 0 Å². The van der Waals surface area contributed by atoms with E-state index in [0.29, 0.717) is 16.1 Å². The highest BCUT2D eigenvalue weighted by atomic mass is 16.5. The van der Waals surface area contributed by atoms with Gasteiger partial charge in [0.25, 0.3) is 0 Å². The summed E-state index contributed by atoms with van der Waals surface area (Å²) in [5, 5.41) is 14.4. The Morgan fingerprint density at radius 2 is 2.00 bits per heavy atom. The van der Waals surface area contributed by atoms with Gasteiger partial charge in [0.05, 0.1) is 12.3 Å². The fourth-order valence-corrected chi connectivity index (χ4v) is 0.750. The lowest BCUT2D eigenvalue weighted by atomic mass is 10.2. The lowest BCUT2D eigenvalue weighted by Crippen LogP contribution is -2.01. The molecule has 62 valence electrons. The van der Waals surface area contributed by atoms with Crippen LogP contribution in [0.3, 0.4) is 0 Å². The molecule has 4 nitrogen and oxygen atoms in total. The van der Waals surface area contributed by atoms with Crippen molar-refractivity contribution in [2.45, 2.75) is 0 Å². The van der Waals surface area contributed by atoms with Gasteiger partial charge in [-0.05, 0) is 24.6 Å². The Labute approximate surface area is 71.1 Å². The van der Waals surface area contributed by atoms with Gasteiger partial charge in [-0.1, -0.05) is 12.1 Å². The van der Waals surface area contributed by atoms with Crippen LogP contribution in [-0.2, 0) is 0 Å². The molecule has 0 amide bonds. The molecule has 0 bridgehead atoms. The summed E-state index contributed by atoms with van der Waals surface area (Å²) in [5.74, 6) is 0. The van der Waals surface area contributed by atoms with Crippen LogP contribution in [0.15, 0.2) is 29.5 Å². The maximum atomic E-state index is 11.0. The molecule has 0 aliphatic heterocycles. The standard InChI is InChI=1S/C8H9N3O/c1-7-3-5-8(6-4-7)11(12)10-9-2/h1,3-6,9H,2H3. The Balaban J connectivity index is 2.89. The van der Waals surface area contributed by atoms with Crippen LogP contribution in [-0.4, -0.2) is 11.9 Å². The van der Waals surface area contributed by atoms with Gasteiger partial charge in [-0.2, -0.15) is 5.43 Å². The van der Waals surface area contributed by atoms with Crippen molar-refractivity contribution in [1.29, 1.82) is 0 Å². The summed E-state index contributed by atoms with van der Waals surface area (Å²) in [6, 6.07) is 6.49. The lowest BCUT2D eigenvalue weighted by molar-refractivity contribution is -0.447. The molecule has 0 spiro atoms. The fourth-order valence-electron chi connectivity index (χ4n) is 0.750. The Morgan fingerprint density at radius 1 is 1.42 bits per heavy atom. The van der Waals surface area contributed by atoms with Crippen LogP contribution in [0.5, 0.6) is 0 Å². The van der Waals surface area contributed by atoms with Gasteiger partial charge in [0.2, 0.25) is 0 Å². The molecular weight excluding hydrogens is 154 g/mol. The van der Waals surface area contributed by atoms with Crippen molar-refractivity contribution in [3.8, 4) is 0 Å². The van der Waals surface area contributed by atoms with Gasteiger partial charge >= 0.3 is 0 Å². The molecule has 0 fully saturated rings. The smallest absolute Gasteiger partial charge is 0.154 e. The molecule has 2 radical (unpaired) electrons. The lowest BCUT2D eigenvalue weighted by Gasteiger charge is -2.03. The van der Waals surface area contributed by atoms with Gasteiger partial charge in [-0.15, -0.1) is 4.86 Å². The Bertz CT molecular complexity index is 279. The fraction of sp³-hybridized carbons (Fsp3) is 0.125. The van der Waals surface area contributed by atoms with Gasteiger partial charge in [0.1, 0.15) is 0 Å². The van der Waals surface area contributed by atoms with Gasteiger partial charge in [-0.3, -0.25) is 0 Å². The first-order chi connectivity index (χ1) is 5.74. The molecule has 0 heterocycles. The van der Waals surface area contributed by atoms with E-state index in [9.17, 15) is 5.21 Å². The molecule has 0 atom stereocenters. The number of nitrogens with one attached hydrogen (secondary N) is 1. The van der Waals surface area contributed by atoms with E-state index in [1.54, 1.807) is 31.3 Å². The molecule has 1 aromatic rings. The summed E-state index contributed by atoms with van der Waals surface area (Å²) in [4.78, 5) is 0.486. The van der Waals surface area contributed by atoms with E-state index >= 15 is 0 Å². The molecule has 0 saturated carbocycles. The molecule has 12 heavy (non-hydrogen) atoms. The minimum atomic E-state index is 0.443. The van der Waals surface area contributed by atoms with Crippen LogP contribution in [0, 0.1) is 12.1 Å². The number of rotatable bonds is 2. The predicted molar refractivity (Wildman–Crippen MR) is 44.6 cm³/mol. The summed E-state index contributed by atoms with van der Waals surface area (Å²) in [5.41, 5.74) is 3.45. The third-order valence-corrected chi connectivity index (χ3v) is 1.30. The first-order valence-corrected chi connectivity index (χ1v) is 3.44. The highest BCUT2D eigenvalue weighted by Crippen LogP contribution is 2.11. The molecule has 1 N–H and O–H groups in total. The number of hydrogen-bond donors (Lipinski definition) is 1. The summed E-state index contributed by atoms with van der Waals surface area (Å²) >= 11 is 0. The summed E-state index contributed by atoms with van der Waals surface area (Å²) in [6.45, 7) is 5.43. The van der Waals surface area contributed by atoms with Crippen molar-refractivity contribution in [2.75, 3.05) is 7.05 Å². The zero-order valence-corrected chi connectivity index (χ0v) is 6.69. The zero-order chi connectivity index (χ0) is 8.97.